The van der Waals surface area contributed by atoms with Crippen LogP contribution in [0.15, 0.2) is 34.9 Å². The fraction of sp³-hybridized carbons (Fsp3) is 0.444. The van der Waals surface area contributed by atoms with Crippen LogP contribution >= 0.6 is 0 Å². The Kier molecular flexibility index (Phi) is 5.91. The topological polar surface area (TPSA) is 98.5 Å². The second-order valence-corrected chi connectivity index (χ2v) is 8.81. The van der Waals surface area contributed by atoms with Crippen molar-refractivity contribution < 1.29 is 26.8 Å². The number of nitrogens with zero attached hydrogens (tertiary/aromatic N) is 1. The van der Waals surface area contributed by atoms with E-state index in [1.54, 1.807) is 6.07 Å². The lowest BCUT2D eigenvalue weighted by atomic mass is 10.2. The number of rotatable bonds is 7. The summed E-state index contributed by atoms with van der Waals surface area (Å²) in [5.74, 6) is -1.34. The third-order valence-electron chi connectivity index (χ3n) is 4.41. The maximum Gasteiger partial charge on any atom is 0.238 e. The molecule has 2 atom stereocenters. The maximum atomic E-state index is 13.3. The predicted octanol–water partition coefficient (Wildman–Crippen LogP) is 2.08. The number of ether oxygens (including phenoxy) is 1. The quantitative estimate of drug-likeness (QED) is 0.769. The van der Waals surface area contributed by atoms with Gasteiger partial charge in [-0.05, 0) is 38.0 Å². The Morgan fingerprint density at radius 1 is 1.44 bits per heavy atom. The van der Waals surface area contributed by atoms with Gasteiger partial charge in [-0.25, -0.2) is 17.8 Å². The van der Waals surface area contributed by atoms with Crippen molar-refractivity contribution in [3.05, 3.63) is 42.0 Å². The van der Waals surface area contributed by atoms with Crippen LogP contribution in [0.1, 0.15) is 25.5 Å². The minimum absolute atomic E-state index is 0.0618. The summed E-state index contributed by atoms with van der Waals surface area (Å²) in [4.78, 5) is 16.3. The summed E-state index contributed by atoms with van der Waals surface area (Å²) >= 11 is 0. The molecule has 1 aromatic carbocycles. The molecule has 1 amide bonds. The average Bonchev–Trinajstić information content (AvgIpc) is 3.30. The van der Waals surface area contributed by atoms with Gasteiger partial charge in [0, 0.05) is 18.7 Å². The van der Waals surface area contributed by atoms with E-state index < -0.39 is 32.6 Å². The molecule has 0 aliphatic carbocycles. The van der Waals surface area contributed by atoms with E-state index in [2.05, 4.69) is 10.3 Å². The highest BCUT2D eigenvalue weighted by Crippen LogP contribution is 2.21. The van der Waals surface area contributed by atoms with Crippen LogP contribution < -0.4 is 5.32 Å². The van der Waals surface area contributed by atoms with Gasteiger partial charge in [-0.3, -0.25) is 4.79 Å². The Bertz CT molecular complexity index is 906. The summed E-state index contributed by atoms with van der Waals surface area (Å²) in [6, 6.07) is 5.64. The van der Waals surface area contributed by atoms with Gasteiger partial charge in [0.05, 0.1) is 17.6 Å². The van der Waals surface area contributed by atoms with E-state index in [-0.39, 0.29) is 17.7 Å². The van der Waals surface area contributed by atoms with Crippen molar-refractivity contribution >= 4 is 15.7 Å². The number of sulfone groups is 1. The Hall–Kier alpha value is -2.26. The first-order valence-electron chi connectivity index (χ1n) is 8.66. The molecule has 9 heteroatoms. The van der Waals surface area contributed by atoms with Crippen molar-refractivity contribution in [1.82, 2.24) is 10.3 Å². The van der Waals surface area contributed by atoms with Crippen LogP contribution in [0.3, 0.4) is 0 Å². The van der Waals surface area contributed by atoms with Gasteiger partial charge in [0.15, 0.2) is 9.84 Å². The van der Waals surface area contributed by atoms with Crippen LogP contribution in [-0.2, 0) is 25.1 Å². The molecule has 146 valence electrons. The molecule has 1 aliphatic rings. The van der Waals surface area contributed by atoms with Crippen molar-refractivity contribution in [3.63, 3.8) is 0 Å². The second-order valence-electron chi connectivity index (χ2n) is 6.48. The zero-order valence-electron chi connectivity index (χ0n) is 14.9. The first-order chi connectivity index (χ1) is 12.8. The average molecular weight is 396 g/mol. The molecule has 1 N–H and O–H groups in total. The Morgan fingerprint density at radius 3 is 2.96 bits per heavy atom. The Morgan fingerprint density at radius 2 is 2.26 bits per heavy atom. The number of aromatic nitrogens is 1. The molecule has 0 saturated carbocycles. The molecular weight excluding hydrogens is 375 g/mol. The molecule has 1 aromatic heterocycles. The zero-order valence-corrected chi connectivity index (χ0v) is 15.7. The highest BCUT2D eigenvalue weighted by atomic mass is 32.2. The lowest BCUT2D eigenvalue weighted by molar-refractivity contribution is -0.120. The van der Waals surface area contributed by atoms with Crippen LogP contribution in [0.5, 0.6) is 0 Å². The van der Waals surface area contributed by atoms with Gasteiger partial charge in [-0.1, -0.05) is 6.07 Å². The summed E-state index contributed by atoms with van der Waals surface area (Å²) in [6.45, 7) is 2.30. The first kappa shape index (κ1) is 19.5. The third kappa shape index (κ3) is 4.92. The second kappa shape index (κ2) is 8.18. The Balaban J connectivity index is 1.62. The van der Waals surface area contributed by atoms with Crippen molar-refractivity contribution in [3.8, 4) is 11.5 Å². The zero-order chi connectivity index (χ0) is 19.4. The summed E-state index contributed by atoms with van der Waals surface area (Å²) in [5, 5.41) is 1.40. The third-order valence-corrected chi connectivity index (χ3v) is 6.40. The molecule has 1 saturated heterocycles. The number of carbonyl (C=O) groups excluding carboxylic acids is 1. The van der Waals surface area contributed by atoms with Gasteiger partial charge in [0.1, 0.15) is 17.3 Å². The molecule has 0 bridgehead atoms. The van der Waals surface area contributed by atoms with E-state index >= 15 is 0 Å². The Labute approximate surface area is 156 Å². The van der Waals surface area contributed by atoms with E-state index in [1.807, 2.05) is 0 Å². The number of halogens is 1. The van der Waals surface area contributed by atoms with Crippen molar-refractivity contribution in [1.29, 1.82) is 0 Å². The van der Waals surface area contributed by atoms with Crippen LogP contribution in [0, 0.1) is 5.82 Å². The molecule has 2 aromatic rings. The highest BCUT2D eigenvalue weighted by Gasteiger charge is 2.30. The van der Waals surface area contributed by atoms with E-state index in [9.17, 15) is 17.6 Å². The standard InChI is InChI=1S/C18H21FN2O5S/c1-12(17(22)20-9-16-6-3-7-25-16)27(23,24)11-15-10-26-18(21-15)13-4-2-5-14(19)8-13/h2,4-5,8,10,12,16H,3,6-7,9,11H2,1H3,(H,20,22)/t12-,16+/m1/s1. The molecular formula is C18H21FN2O5S. The lowest BCUT2D eigenvalue weighted by Gasteiger charge is -2.15. The van der Waals surface area contributed by atoms with Gasteiger partial charge in [0.2, 0.25) is 11.8 Å². The summed E-state index contributed by atoms with van der Waals surface area (Å²) < 4.78 is 49.0. The van der Waals surface area contributed by atoms with Crippen LogP contribution in [-0.4, -0.2) is 43.8 Å². The van der Waals surface area contributed by atoms with Gasteiger partial charge in [-0.15, -0.1) is 0 Å². The molecule has 1 fully saturated rings. The predicted molar refractivity (Wildman–Crippen MR) is 96.0 cm³/mol. The molecule has 1 aliphatic heterocycles. The number of hydrogen-bond acceptors (Lipinski definition) is 6. The van der Waals surface area contributed by atoms with Gasteiger partial charge in [-0.2, -0.15) is 0 Å². The number of amides is 1. The minimum atomic E-state index is -3.78. The minimum Gasteiger partial charge on any atom is -0.444 e. The van der Waals surface area contributed by atoms with Gasteiger partial charge in [0.25, 0.3) is 0 Å². The maximum absolute atomic E-state index is 13.3. The van der Waals surface area contributed by atoms with E-state index in [1.165, 1.54) is 31.4 Å². The number of carbonyl (C=O) groups is 1. The number of benzene rings is 1. The van der Waals surface area contributed by atoms with Crippen LogP contribution in [0.4, 0.5) is 4.39 Å². The largest absolute Gasteiger partial charge is 0.444 e. The van der Waals surface area contributed by atoms with E-state index in [4.69, 9.17) is 9.15 Å². The summed E-state index contributed by atoms with van der Waals surface area (Å²) in [5.41, 5.74) is 0.564. The molecule has 2 heterocycles. The summed E-state index contributed by atoms with van der Waals surface area (Å²) in [6.07, 6.45) is 2.93. The fourth-order valence-electron chi connectivity index (χ4n) is 2.79. The molecule has 3 rings (SSSR count). The monoisotopic (exact) mass is 396 g/mol. The molecule has 0 spiro atoms. The van der Waals surface area contributed by atoms with Crippen molar-refractivity contribution in [2.45, 2.75) is 36.9 Å². The SMILES string of the molecule is C[C@H](C(=O)NC[C@@H]1CCCO1)S(=O)(=O)Cc1coc(-c2cccc(F)c2)n1. The summed E-state index contributed by atoms with van der Waals surface area (Å²) in [7, 11) is -3.78. The van der Waals surface area contributed by atoms with Crippen molar-refractivity contribution in [2.75, 3.05) is 13.2 Å². The lowest BCUT2D eigenvalue weighted by Crippen LogP contribution is -2.41. The number of hydrogen-bond donors (Lipinski definition) is 1. The van der Waals surface area contributed by atoms with Crippen molar-refractivity contribution in [2.24, 2.45) is 0 Å². The smallest absolute Gasteiger partial charge is 0.238 e. The normalized spacial score (nSPS) is 18.4. The van der Waals surface area contributed by atoms with Gasteiger partial charge >= 0.3 is 0 Å². The molecule has 27 heavy (non-hydrogen) atoms. The molecule has 7 nitrogen and oxygen atoms in total. The number of nitrogens with one attached hydrogen (secondary N) is 1. The molecule has 0 radical (unpaired) electrons. The highest BCUT2D eigenvalue weighted by molar-refractivity contribution is 7.92. The van der Waals surface area contributed by atoms with E-state index in [0.29, 0.717) is 18.7 Å². The fourth-order valence-corrected chi connectivity index (χ4v) is 3.99. The van der Waals surface area contributed by atoms with Crippen LogP contribution in [0.2, 0.25) is 0 Å². The van der Waals surface area contributed by atoms with Gasteiger partial charge < -0.3 is 14.5 Å². The molecule has 0 unspecified atom stereocenters. The number of oxazole rings is 1. The van der Waals surface area contributed by atoms with E-state index in [0.717, 1.165) is 12.8 Å². The van der Waals surface area contributed by atoms with Crippen LogP contribution in [0.25, 0.3) is 11.5 Å². The first-order valence-corrected chi connectivity index (χ1v) is 10.4.